The Morgan fingerprint density at radius 1 is 1.43 bits per heavy atom. The van der Waals surface area contributed by atoms with Crippen LogP contribution in [0.25, 0.3) is 11.0 Å². The van der Waals surface area contributed by atoms with Crippen molar-refractivity contribution in [1.82, 2.24) is 9.55 Å². The van der Waals surface area contributed by atoms with Gasteiger partial charge < -0.3 is 10.3 Å². The first kappa shape index (κ1) is 9.40. The summed E-state index contributed by atoms with van der Waals surface area (Å²) < 4.78 is 2.06. The fraction of sp³-hybridized carbons (Fsp3) is 0.300. The second kappa shape index (κ2) is 3.92. The lowest BCUT2D eigenvalue weighted by atomic mass is 10.3. The Kier molecular flexibility index (Phi) is 2.63. The quantitative estimate of drug-likeness (QED) is 0.837. The number of nitrogen functional groups attached to an aromatic ring is 1. The molecule has 0 spiro atoms. The Labute approximate surface area is 87.3 Å². The van der Waals surface area contributed by atoms with Crippen molar-refractivity contribution in [2.75, 3.05) is 17.7 Å². The third-order valence-corrected chi connectivity index (χ3v) is 2.79. The number of hydrogen-bond donors (Lipinski definition) is 1. The summed E-state index contributed by atoms with van der Waals surface area (Å²) in [6.45, 7) is 0.924. The zero-order valence-electron chi connectivity index (χ0n) is 8.10. The summed E-state index contributed by atoms with van der Waals surface area (Å²) in [5.41, 5.74) is 7.94. The van der Waals surface area contributed by atoms with Crippen LogP contribution in [-0.4, -0.2) is 21.6 Å². The van der Waals surface area contributed by atoms with E-state index >= 15 is 0 Å². The number of fused-ring (bicyclic) bond motifs is 1. The maximum absolute atomic E-state index is 5.84. The Balaban J connectivity index is 2.45. The van der Waals surface area contributed by atoms with Crippen LogP contribution >= 0.6 is 11.8 Å². The summed E-state index contributed by atoms with van der Waals surface area (Å²) >= 11 is 1.81. The average Bonchev–Trinajstić information content (AvgIpc) is 2.51. The van der Waals surface area contributed by atoms with E-state index < -0.39 is 0 Å². The van der Waals surface area contributed by atoms with E-state index in [9.17, 15) is 0 Å². The first-order valence-corrected chi connectivity index (χ1v) is 5.92. The van der Waals surface area contributed by atoms with E-state index in [1.807, 2.05) is 30.0 Å². The number of aromatic nitrogens is 2. The van der Waals surface area contributed by atoms with Gasteiger partial charge in [0.2, 0.25) is 5.95 Å². The number of anilines is 1. The molecular weight excluding hydrogens is 194 g/mol. The molecule has 74 valence electrons. The highest BCUT2D eigenvalue weighted by molar-refractivity contribution is 7.98. The summed E-state index contributed by atoms with van der Waals surface area (Å²) in [5.74, 6) is 1.67. The summed E-state index contributed by atoms with van der Waals surface area (Å²) in [4.78, 5) is 4.30. The monoisotopic (exact) mass is 207 g/mol. The first-order valence-electron chi connectivity index (χ1n) is 4.52. The number of hydrogen-bond acceptors (Lipinski definition) is 3. The first-order chi connectivity index (χ1) is 6.83. The maximum Gasteiger partial charge on any atom is 0.201 e. The molecule has 0 aliphatic heterocycles. The molecule has 14 heavy (non-hydrogen) atoms. The van der Waals surface area contributed by atoms with Crippen molar-refractivity contribution in [3.05, 3.63) is 24.3 Å². The normalized spacial score (nSPS) is 10.9. The van der Waals surface area contributed by atoms with Crippen LogP contribution in [0.1, 0.15) is 0 Å². The van der Waals surface area contributed by atoms with Crippen LogP contribution in [0.3, 0.4) is 0 Å². The minimum Gasteiger partial charge on any atom is -0.369 e. The Hall–Kier alpha value is -1.16. The number of nitrogens with zero attached hydrogens (tertiary/aromatic N) is 2. The molecule has 3 nitrogen and oxygen atoms in total. The summed E-state index contributed by atoms with van der Waals surface area (Å²) in [6.07, 6.45) is 2.09. The van der Waals surface area contributed by atoms with Crippen molar-refractivity contribution < 1.29 is 0 Å². The molecule has 0 amide bonds. The van der Waals surface area contributed by atoms with Crippen LogP contribution < -0.4 is 5.73 Å². The van der Waals surface area contributed by atoms with Gasteiger partial charge in [-0.15, -0.1) is 0 Å². The number of rotatable bonds is 3. The van der Waals surface area contributed by atoms with Crippen molar-refractivity contribution in [2.45, 2.75) is 6.54 Å². The second-order valence-corrected chi connectivity index (χ2v) is 4.09. The van der Waals surface area contributed by atoms with Gasteiger partial charge in [-0.25, -0.2) is 4.98 Å². The molecule has 2 N–H and O–H groups in total. The lowest BCUT2D eigenvalue weighted by molar-refractivity contribution is 0.810. The fourth-order valence-corrected chi connectivity index (χ4v) is 1.88. The molecule has 0 aliphatic rings. The molecule has 0 saturated carbocycles. The number of benzene rings is 1. The minimum atomic E-state index is 0.611. The molecule has 1 heterocycles. The molecule has 1 aromatic carbocycles. The summed E-state index contributed by atoms with van der Waals surface area (Å²) in [6, 6.07) is 8.03. The van der Waals surface area contributed by atoms with Gasteiger partial charge in [0.1, 0.15) is 0 Å². The average molecular weight is 207 g/mol. The van der Waals surface area contributed by atoms with Crippen molar-refractivity contribution in [2.24, 2.45) is 0 Å². The van der Waals surface area contributed by atoms with Crippen LogP contribution in [0, 0.1) is 0 Å². The second-order valence-electron chi connectivity index (χ2n) is 3.10. The van der Waals surface area contributed by atoms with Gasteiger partial charge in [-0.05, 0) is 18.4 Å². The Morgan fingerprint density at radius 2 is 2.21 bits per heavy atom. The van der Waals surface area contributed by atoms with Crippen LogP contribution in [0.4, 0.5) is 5.95 Å². The Bertz CT molecular complexity index is 436. The number of para-hydroxylation sites is 2. The zero-order chi connectivity index (χ0) is 9.97. The van der Waals surface area contributed by atoms with Crippen molar-refractivity contribution in [3.63, 3.8) is 0 Å². The van der Waals surface area contributed by atoms with Crippen LogP contribution in [0.15, 0.2) is 24.3 Å². The van der Waals surface area contributed by atoms with Gasteiger partial charge in [0.05, 0.1) is 11.0 Å². The summed E-state index contributed by atoms with van der Waals surface area (Å²) in [5, 5.41) is 0. The van der Waals surface area contributed by atoms with Gasteiger partial charge >= 0.3 is 0 Å². The van der Waals surface area contributed by atoms with E-state index in [0.29, 0.717) is 5.95 Å². The number of thioether (sulfide) groups is 1. The standard InChI is InChI=1S/C10H13N3S/c1-14-7-6-13-9-5-3-2-4-8(9)12-10(13)11/h2-5H,6-7H2,1H3,(H2,11,12). The van der Waals surface area contributed by atoms with Crippen LogP contribution in [0.2, 0.25) is 0 Å². The highest BCUT2D eigenvalue weighted by atomic mass is 32.2. The van der Waals surface area contributed by atoms with Gasteiger partial charge in [-0.1, -0.05) is 12.1 Å². The lowest BCUT2D eigenvalue weighted by Gasteiger charge is -2.03. The van der Waals surface area contributed by atoms with Crippen LogP contribution in [-0.2, 0) is 6.54 Å². The van der Waals surface area contributed by atoms with Gasteiger partial charge in [-0.2, -0.15) is 11.8 Å². The van der Waals surface area contributed by atoms with Gasteiger partial charge in [0.25, 0.3) is 0 Å². The molecule has 4 heteroatoms. The number of imidazole rings is 1. The Morgan fingerprint density at radius 3 is 3.00 bits per heavy atom. The molecule has 0 fully saturated rings. The predicted octanol–water partition coefficient (Wildman–Crippen LogP) is 1.98. The van der Waals surface area contributed by atoms with E-state index in [0.717, 1.165) is 23.3 Å². The fourth-order valence-electron chi connectivity index (χ4n) is 1.51. The van der Waals surface area contributed by atoms with Gasteiger partial charge in [0, 0.05) is 12.3 Å². The smallest absolute Gasteiger partial charge is 0.201 e. The molecule has 0 radical (unpaired) electrons. The van der Waals surface area contributed by atoms with Crippen molar-refractivity contribution in [3.8, 4) is 0 Å². The molecular formula is C10H13N3S. The third kappa shape index (κ3) is 1.57. The highest BCUT2D eigenvalue weighted by Crippen LogP contribution is 2.17. The maximum atomic E-state index is 5.84. The van der Waals surface area contributed by atoms with Gasteiger partial charge in [-0.3, -0.25) is 0 Å². The molecule has 1 aromatic heterocycles. The third-order valence-electron chi connectivity index (χ3n) is 2.20. The van der Waals surface area contributed by atoms with Crippen molar-refractivity contribution >= 4 is 28.7 Å². The summed E-state index contributed by atoms with van der Waals surface area (Å²) in [7, 11) is 0. The molecule has 0 saturated heterocycles. The molecule has 0 atom stereocenters. The molecule has 2 aromatic rings. The zero-order valence-corrected chi connectivity index (χ0v) is 8.92. The number of aryl methyl sites for hydroxylation is 1. The molecule has 0 bridgehead atoms. The van der Waals surface area contributed by atoms with Crippen molar-refractivity contribution in [1.29, 1.82) is 0 Å². The van der Waals surface area contributed by atoms with E-state index in [2.05, 4.69) is 21.9 Å². The topological polar surface area (TPSA) is 43.8 Å². The van der Waals surface area contributed by atoms with Gasteiger partial charge in [0.15, 0.2) is 0 Å². The molecule has 0 unspecified atom stereocenters. The molecule has 2 rings (SSSR count). The van der Waals surface area contributed by atoms with E-state index in [4.69, 9.17) is 5.73 Å². The number of nitrogens with two attached hydrogens (primary N) is 1. The highest BCUT2D eigenvalue weighted by Gasteiger charge is 2.05. The largest absolute Gasteiger partial charge is 0.369 e. The minimum absolute atomic E-state index is 0.611. The van der Waals surface area contributed by atoms with E-state index in [1.54, 1.807) is 0 Å². The predicted molar refractivity (Wildman–Crippen MR) is 62.5 cm³/mol. The SMILES string of the molecule is CSCCn1c(N)nc2ccccc21. The van der Waals surface area contributed by atoms with E-state index in [1.165, 1.54) is 0 Å². The van der Waals surface area contributed by atoms with E-state index in [-0.39, 0.29) is 0 Å². The van der Waals surface area contributed by atoms with Crippen LogP contribution in [0.5, 0.6) is 0 Å². The molecule has 0 aliphatic carbocycles. The lowest BCUT2D eigenvalue weighted by Crippen LogP contribution is -2.04.